The van der Waals surface area contributed by atoms with E-state index in [0.29, 0.717) is 18.5 Å². The molecule has 0 aromatic heterocycles. The molecule has 0 saturated carbocycles. The van der Waals surface area contributed by atoms with Crippen molar-refractivity contribution >= 4 is 5.97 Å². The van der Waals surface area contributed by atoms with Crippen LogP contribution in [-0.2, 0) is 9.53 Å². The summed E-state index contributed by atoms with van der Waals surface area (Å²) in [6, 6.07) is 8.72. The summed E-state index contributed by atoms with van der Waals surface area (Å²) in [5.74, 6) is -0.243. The van der Waals surface area contributed by atoms with Gasteiger partial charge in [-0.1, -0.05) is 42.8 Å². The molecule has 0 fully saturated rings. The van der Waals surface area contributed by atoms with E-state index in [4.69, 9.17) is 4.74 Å². The van der Waals surface area contributed by atoms with Crippen molar-refractivity contribution in [3.8, 4) is 0 Å². The van der Waals surface area contributed by atoms with Crippen molar-refractivity contribution in [3.05, 3.63) is 47.0 Å². The molecule has 1 N–H and O–H groups in total. The molecule has 1 aromatic rings. The van der Waals surface area contributed by atoms with Crippen LogP contribution in [0.25, 0.3) is 0 Å². The largest absolute Gasteiger partial charge is 0.466 e. The Hall–Kier alpha value is -1.61. The third kappa shape index (κ3) is 4.87. The van der Waals surface area contributed by atoms with Crippen LogP contribution in [-0.4, -0.2) is 19.6 Å². The normalized spacial score (nSPS) is 13.2. The predicted molar refractivity (Wildman–Crippen MR) is 78.0 cm³/mol. The van der Waals surface area contributed by atoms with E-state index >= 15 is 0 Å². The first-order valence-electron chi connectivity index (χ1n) is 6.65. The summed E-state index contributed by atoms with van der Waals surface area (Å²) >= 11 is 0. The van der Waals surface area contributed by atoms with Gasteiger partial charge in [-0.05, 0) is 25.8 Å². The number of nitrogens with one attached hydrogen (secondary N) is 1. The average Bonchev–Trinajstić information content (AvgIpc) is 2.43. The van der Waals surface area contributed by atoms with Crippen LogP contribution in [0.2, 0.25) is 0 Å². The first kappa shape index (κ1) is 15.4. The molecule has 0 amide bonds. The zero-order valence-electron chi connectivity index (χ0n) is 12.2. The molecule has 0 radical (unpaired) electrons. The summed E-state index contributed by atoms with van der Waals surface area (Å²) in [6.45, 7) is 6.80. The number of methoxy groups -OCH3 is 1. The Morgan fingerprint density at radius 3 is 2.53 bits per heavy atom. The van der Waals surface area contributed by atoms with Crippen molar-refractivity contribution in [3.63, 3.8) is 0 Å². The molecule has 3 heteroatoms. The van der Waals surface area contributed by atoms with Crippen LogP contribution < -0.4 is 5.32 Å². The molecule has 104 valence electrons. The Morgan fingerprint density at radius 1 is 1.37 bits per heavy atom. The maximum atomic E-state index is 11.4. The topological polar surface area (TPSA) is 38.3 Å². The highest BCUT2D eigenvalue weighted by Crippen LogP contribution is 2.13. The summed E-state index contributed by atoms with van der Waals surface area (Å²) in [4.78, 5) is 11.4. The highest BCUT2D eigenvalue weighted by Gasteiger charge is 2.07. The fourth-order valence-corrected chi connectivity index (χ4v) is 1.83. The van der Waals surface area contributed by atoms with Gasteiger partial charge in [0.1, 0.15) is 0 Å². The molecule has 0 aliphatic rings. The monoisotopic (exact) mass is 261 g/mol. The van der Waals surface area contributed by atoms with Gasteiger partial charge < -0.3 is 10.1 Å². The van der Waals surface area contributed by atoms with Crippen LogP contribution in [0.5, 0.6) is 0 Å². The smallest absolute Gasteiger partial charge is 0.333 e. The maximum absolute atomic E-state index is 11.4. The minimum absolute atomic E-state index is 0.243. The summed E-state index contributed by atoms with van der Waals surface area (Å²) in [6.07, 6.45) is 2.59. The fraction of sp³-hybridized carbons (Fsp3) is 0.438. The van der Waals surface area contributed by atoms with Crippen molar-refractivity contribution < 1.29 is 9.53 Å². The van der Waals surface area contributed by atoms with Gasteiger partial charge in [0.15, 0.2) is 0 Å². The van der Waals surface area contributed by atoms with E-state index in [1.807, 2.05) is 13.0 Å². The van der Waals surface area contributed by atoms with Crippen molar-refractivity contribution in [1.29, 1.82) is 0 Å². The standard InChI is InChI=1S/C16H23NO2/c1-5-14(16(18)19-4)10-11-17-13(3)15-8-6-12(2)7-9-15/h6-10,13,17H,5,11H2,1-4H3/b14-10-. The quantitative estimate of drug-likeness (QED) is 0.631. The van der Waals surface area contributed by atoms with Gasteiger partial charge in [-0.25, -0.2) is 4.79 Å². The number of benzene rings is 1. The van der Waals surface area contributed by atoms with Crippen LogP contribution in [0, 0.1) is 6.92 Å². The van der Waals surface area contributed by atoms with E-state index in [1.165, 1.54) is 18.2 Å². The summed E-state index contributed by atoms with van der Waals surface area (Å²) in [5, 5.41) is 3.38. The Labute approximate surface area is 115 Å². The van der Waals surface area contributed by atoms with E-state index in [2.05, 4.69) is 43.4 Å². The molecular formula is C16H23NO2. The molecule has 0 bridgehead atoms. The molecule has 0 aliphatic carbocycles. The lowest BCUT2D eigenvalue weighted by Crippen LogP contribution is -2.19. The number of esters is 1. The molecule has 1 atom stereocenters. The second kappa shape index (κ2) is 7.74. The first-order chi connectivity index (χ1) is 9.08. The SMILES string of the molecule is CC/C(=C/CNC(C)c1ccc(C)cc1)C(=O)OC. The molecule has 1 unspecified atom stereocenters. The molecule has 0 aliphatic heterocycles. The van der Waals surface area contributed by atoms with Gasteiger partial charge >= 0.3 is 5.97 Å². The van der Waals surface area contributed by atoms with Crippen molar-refractivity contribution in [2.75, 3.05) is 13.7 Å². The zero-order valence-corrected chi connectivity index (χ0v) is 12.2. The molecule has 0 saturated heterocycles. The molecule has 19 heavy (non-hydrogen) atoms. The van der Waals surface area contributed by atoms with Crippen LogP contribution in [0.3, 0.4) is 0 Å². The maximum Gasteiger partial charge on any atom is 0.333 e. The van der Waals surface area contributed by atoms with Crippen LogP contribution in [0.4, 0.5) is 0 Å². The lowest BCUT2D eigenvalue weighted by Gasteiger charge is -2.13. The van der Waals surface area contributed by atoms with Crippen LogP contribution >= 0.6 is 0 Å². The number of carbonyl (C=O) groups excluding carboxylic acids is 1. The minimum atomic E-state index is -0.243. The number of hydrogen-bond donors (Lipinski definition) is 1. The third-order valence-corrected chi connectivity index (χ3v) is 3.18. The number of aryl methyl sites for hydroxylation is 1. The van der Waals surface area contributed by atoms with Gasteiger partial charge in [-0.2, -0.15) is 0 Å². The lowest BCUT2D eigenvalue weighted by atomic mass is 10.1. The number of carbonyl (C=O) groups is 1. The highest BCUT2D eigenvalue weighted by molar-refractivity contribution is 5.88. The van der Waals surface area contributed by atoms with E-state index in [-0.39, 0.29) is 12.0 Å². The Morgan fingerprint density at radius 2 is 2.00 bits per heavy atom. The number of rotatable bonds is 6. The van der Waals surface area contributed by atoms with Gasteiger partial charge in [0.25, 0.3) is 0 Å². The Kier molecular flexibility index (Phi) is 6.30. The Bertz CT molecular complexity index is 435. The number of hydrogen-bond acceptors (Lipinski definition) is 3. The van der Waals surface area contributed by atoms with Gasteiger partial charge in [0.05, 0.1) is 7.11 Å². The second-order valence-corrected chi connectivity index (χ2v) is 4.62. The number of ether oxygens (including phenoxy) is 1. The predicted octanol–water partition coefficient (Wildman–Crippen LogP) is 3.16. The van der Waals surface area contributed by atoms with Gasteiger partial charge in [-0.15, -0.1) is 0 Å². The van der Waals surface area contributed by atoms with Gasteiger partial charge in [0, 0.05) is 18.2 Å². The molecule has 3 nitrogen and oxygen atoms in total. The third-order valence-electron chi connectivity index (χ3n) is 3.18. The Balaban J connectivity index is 2.54. The van der Waals surface area contributed by atoms with Crippen molar-refractivity contribution in [2.24, 2.45) is 0 Å². The van der Waals surface area contributed by atoms with Crippen molar-refractivity contribution in [2.45, 2.75) is 33.2 Å². The fourth-order valence-electron chi connectivity index (χ4n) is 1.83. The van der Waals surface area contributed by atoms with E-state index < -0.39 is 0 Å². The van der Waals surface area contributed by atoms with Gasteiger partial charge in [0.2, 0.25) is 0 Å². The molecule has 0 heterocycles. The van der Waals surface area contributed by atoms with Crippen LogP contribution in [0.15, 0.2) is 35.9 Å². The second-order valence-electron chi connectivity index (χ2n) is 4.62. The van der Waals surface area contributed by atoms with Gasteiger partial charge in [-0.3, -0.25) is 0 Å². The van der Waals surface area contributed by atoms with Crippen LogP contribution in [0.1, 0.15) is 37.4 Å². The summed E-state index contributed by atoms with van der Waals surface area (Å²) in [5.41, 5.74) is 3.22. The summed E-state index contributed by atoms with van der Waals surface area (Å²) in [7, 11) is 1.41. The molecular weight excluding hydrogens is 238 g/mol. The molecule has 0 spiro atoms. The first-order valence-corrected chi connectivity index (χ1v) is 6.65. The van der Waals surface area contributed by atoms with Crippen molar-refractivity contribution in [1.82, 2.24) is 5.32 Å². The summed E-state index contributed by atoms with van der Waals surface area (Å²) < 4.78 is 4.72. The lowest BCUT2D eigenvalue weighted by molar-refractivity contribution is -0.136. The average molecular weight is 261 g/mol. The van der Waals surface area contributed by atoms with E-state index in [9.17, 15) is 4.79 Å². The highest BCUT2D eigenvalue weighted by atomic mass is 16.5. The zero-order chi connectivity index (χ0) is 14.3. The molecule has 1 aromatic carbocycles. The van der Waals surface area contributed by atoms with E-state index in [1.54, 1.807) is 0 Å². The van der Waals surface area contributed by atoms with E-state index in [0.717, 1.165) is 0 Å². The molecule has 1 rings (SSSR count). The minimum Gasteiger partial charge on any atom is -0.466 e.